The molecular formula is C24H22N2S5. The van der Waals surface area contributed by atoms with Crippen LogP contribution in [0.2, 0.25) is 0 Å². The summed E-state index contributed by atoms with van der Waals surface area (Å²) in [5, 5.41) is 4.28. The maximum atomic E-state index is 5.94. The summed E-state index contributed by atoms with van der Waals surface area (Å²) < 4.78 is 0. The Morgan fingerprint density at radius 1 is 0.548 bits per heavy atom. The third kappa shape index (κ3) is 4.36. The van der Waals surface area contributed by atoms with Gasteiger partial charge in [-0.25, -0.2) is 0 Å². The molecule has 0 bridgehead atoms. The first-order chi connectivity index (χ1) is 15.3. The van der Waals surface area contributed by atoms with Gasteiger partial charge in [-0.15, -0.1) is 56.7 Å². The molecule has 0 spiro atoms. The van der Waals surface area contributed by atoms with Crippen molar-refractivity contribution >= 4 is 56.7 Å². The van der Waals surface area contributed by atoms with E-state index in [1.807, 2.05) is 34.0 Å². The summed E-state index contributed by atoms with van der Waals surface area (Å²) in [6.45, 7) is 1.34. The highest BCUT2D eigenvalue weighted by Crippen LogP contribution is 2.47. The van der Waals surface area contributed by atoms with Crippen molar-refractivity contribution in [3.05, 3.63) is 70.4 Å². The van der Waals surface area contributed by atoms with E-state index in [-0.39, 0.29) is 0 Å². The molecule has 4 N–H and O–H groups in total. The minimum absolute atomic E-state index is 0.668. The summed E-state index contributed by atoms with van der Waals surface area (Å²) >= 11 is 9.25. The topological polar surface area (TPSA) is 52.0 Å². The van der Waals surface area contributed by atoms with E-state index in [2.05, 4.69) is 59.3 Å². The Kier molecular flexibility index (Phi) is 6.52. The van der Waals surface area contributed by atoms with Crippen LogP contribution in [-0.4, -0.2) is 13.1 Å². The Labute approximate surface area is 202 Å². The Bertz CT molecular complexity index is 1160. The Hall–Kier alpha value is -1.58. The van der Waals surface area contributed by atoms with Gasteiger partial charge >= 0.3 is 0 Å². The van der Waals surface area contributed by atoms with Gasteiger partial charge in [-0.3, -0.25) is 0 Å². The van der Waals surface area contributed by atoms with Gasteiger partial charge in [-0.05, 0) is 84.2 Å². The lowest BCUT2D eigenvalue weighted by molar-refractivity contribution is 0.976. The van der Waals surface area contributed by atoms with Crippen molar-refractivity contribution in [3.8, 4) is 39.0 Å². The van der Waals surface area contributed by atoms with Crippen molar-refractivity contribution in [2.75, 3.05) is 13.1 Å². The van der Waals surface area contributed by atoms with E-state index in [4.69, 9.17) is 11.5 Å². The molecule has 0 atom stereocenters. The van der Waals surface area contributed by atoms with E-state index in [1.54, 1.807) is 22.7 Å². The molecule has 7 heteroatoms. The second-order valence-electron chi connectivity index (χ2n) is 7.13. The van der Waals surface area contributed by atoms with Gasteiger partial charge in [-0.2, -0.15) is 0 Å². The molecule has 31 heavy (non-hydrogen) atoms. The molecule has 5 rings (SSSR count). The molecular weight excluding hydrogens is 477 g/mol. The fraction of sp³-hybridized carbons (Fsp3) is 0.167. The smallest absolute Gasteiger partial charge is 0.0482 e. The molecule has 0 radical (unpaired) electrons. The van der Waals surface area contributed by atoms with Gasteiger partial charge in [0.15, 0.2) is 0 Å². The second-order valence-corrected chi connectivity index (χ2v) is 12.2. The van der Waals surface area contributed by atoms with Crippen LogP contribution in [0.3, 0.4) is 0 Å². The first kappa shape index (κ1) is 21.3. The maximum absolute atomic E-state index is 5.94. The number of rotatable bonds is 8. The molecule has 0 aliphatic heterocycles. The molecule has 0 fully saturated rings. The van der Waals surface area contributed by atoms with Gasteiger partial charge in [0.1, 0.15) is 0 Å². The molecule has 2 nitrogen and oxygen atoms in total. The number of hydrogen-bond donors (Lipinski definition) is 2. The van der Waals surface area contributed by atoms with E-state index >= 15 is 0 Å². The van der Waals surface area contributed by atoms with Crippen LogP contribution in [0.4, 0.5) is 0 Å². The number of thiophene rings is 5. The first-order valence-electron chi connectivity index (χ1n) is 10.1. The third-order valence-corrected chi connectivity index (χ3v) is 11.0. The minimum Gasteiger partial charge on any atom is -0.330 e. The van der Waals surface area contributed by atoms with Crippen molar-refractivity contribution in [2.24, 2.45) is 11.5 Å². The molecule has 5 heterocycles. The van der Waals surface area contributed by atoms with Crippen LogP contribution in [0.1, 0.15) is 11.1 Å². The summed E-state index contributed by atoms with van der Waals surface area (Å²) in [5.41, 5.74) is 14.6. The molecule has 5 aromatic heterocycles. The Balaban J connectivity index is 1.54. The lowest BCUT2D eigenvalue weighted by Gasteiger charge is -2.00. The summed E-state index contributed by atoms with van der Waals surface area (Å²) in [6.07, 6.45) is 1.81. The van der Waals surface area contributed by atoms with E-state index in [9.17, 15) is 0 Å². The SMILES string of the molecule is NCCc1cc(-c2cccs2)sc1-c1ccc(-c2sc(-c3cccs3)cc2CCN)s1. The number of nitrogens with two attached hydrogens (primary N) is 2. The van der Waals surface area contributed by atoms with Crippen molar-refractivity contribution in [3.63, 3.8) is 0 Å². The zero-order chi connectivity index (χ0) is 21.2. The lowest BCUT2D eigenvalue weighted by atomic mass is 10.1. The fourth-order valence-corrected chi connectivity index (χ4v) is 8.99. The Morgan fingerprint density at radius 3 is 1.42 bits per heavy atom. The molecule has 0 saturated heterocycles. The van der Waals surface area contributed by atoms with E-state index in [0.29, 0.717) is 13.1 Å². The van der Waals surface area contributed by atoms with E-state index in [0.717, 1.165) is 12.8 Å². The van der Waals surface area contributed by atoms with Gasteiger partial charge in [0.05, 0.1) is 0 Å². The summed E-state index contributed by atoms with van der Waals surface area (Å²) in [6, 6.07) is 17.8. The zero-order valence-electron chi connectivity index (χ0n) is 16.8. The van der Waals surface area contributed by atoms with Crippen molar-refractivity contribution in [1.29, 1.82) is 0 Å². The molecule has 0 saturated carbocycles. The van der Waals surface area contributed by atoms with Crippen molar-refractivity contribution < 1.29 is 0 Å². The fourth-order valence-electron chi connectivity index (χ4n) is 3.62. The van der Waals surface area contributed by atoms with Crippen LogP contribution in [0.5, 0.6) is 0 Å². The molecule has 0 aliphatic carbocycles. The second kappa shape index (κ2) is 9.50. The molecule has 0 amide bonds. The van der Waals surface area contributed by atoms with Crippen molar-refractivity contribution in [2.45, 2.75) is 12.8 Å². The summed E-state index contributed by atoms with van der Waals surface area (Å²) in [5.74, 6) is 0. The van der Waals surface area contributed by atoms with E-state index in [1.165, 1.54) is 50.1 Å². The molecule has 158 valence electrons. The van der Waals surface area contributed by atoms with Crippen LogP contribution in [-0.2, 0) is 12.8 Å². The van der Waals surface area contributed by atoms with Crippen LogP contribution in [0.15, 0.2) is 59.3 Å². The molecule has 0 aromatic carbocycles. The van der Waals surface area contributed by atoms with Gasteiger partial charge in [0.25, 0.3) is 0 Å². The predicted octanol–water partition coefficient (Wildman–Crippen LogP) is 7.66. The highest BCUT2D eigenvalue weighted by molar-refractivity contribution is 7.29. The molecule has 0 unspecified atom stereocenters. The predicted molar refractivity (Wildman–Crippen MR) is 143 cm³/mol. The van der Waals surface area contributed by atoms with E-state index < -0.39 is 0 Å². The zero-order valence-corrected chi connectivity index (χ0v) is 20.9. The van der Waals surface area contributed by atoms with Gasteiger partial charge in [0.2, 0.25) is 0 Å². The summed E-state index contributed by atoms with van der Waals surface area (Å²) in [4.78, 5) is 10.7. The van der Waals surface area contributed by atoms with Crippen LogP contribution in [0, 0.1) is 0 Å². The normalized spacial score (nSPS) is 11.4. The largest absolute Gasteiger partial charge is 0.330 e. The standard InChI is InChI=1S/C24H22N2S5/c25-9-7-15-13-21(17-3-1-11-27-17)30-23(15)19-5-6-20(29-19)24-16(8-10-26)14-22(31-24)18-4-2-12-28-18/h1-6,11-14H,7-10,25-26H2. The number of hydrogen-bond acceptors (Lipinski definition) is 7. The Morgan fingerprint density at radius 2 is 1.03 bits per heavy atom. The van der Waals surface area contributed by atoms with Gasteiger partial charge in [-0.1, -0.05) is 12.1 Å². The average molecular weight is 499 g/mol. The van der Waals surface area contributed by atoms with Gasteiger partial charge < -0.3 is 11.5 Å². The average Bonchev–Trinajstić information content (AvgIpc) is 3.59. The summed E-state index contributed by atoms with van der Waals surface area (Å²) in [7, 11) is 0. The molecule has 5 aromatic rings. The lowest BCUT2D eigenvalue weighted by Crippen LogP contribution is -2.02. The van der Waals surface area contributed by atoms with Gasteiger partial charge in [0, 0.05) is 39.0 Å². The highest BCUT2D eigenvalue weighted by Gasteiger charge is 2.18. The quantitative estimate of drug-likeness (QED) is 0.231. The van der Waals surface area contributed by atoms with Crippen LogP contribution >= 0.6 is 56.7 Å². The first-order valence-corrected chi connectivity index (χ1v) is 14.3. The third-order valence-electron chi connectivity index (χ3n) is 5.03. The molecule has 0 aliphatic rings. The highest BCUT2D eigenvalue weighted by atomic mass is 32.1. The van der Waals surface area contributed by atoms with Crippen LogP contribution < -0.4 is 11.5 Å². The van der Waals surface area contributed by atoms with Crippen LogP contribution in [0.25, 0.3) is 39.0 Å². The van der Waals surface area contributed by atoms with Crippen molar-refractivity contribution in [1.82, 2.24) is 0 Å². The monoisotopic (exact) mass is 498 g/mol. The minimum atomic E-state index is 0.668. The maximum Gasteiger partial charge on any atom is 0.0482 e.